The van der Waals surface area contributed by atoms with E-state index in [1.54, 1.807) is 0 Å². The van der Waals surface area contributed by atoms with Crippen molar-refractivity contribution in [3.8, 4) is 0 Å². The molecule has 1 aromatic carbocycles. The quantitative estimate of drug-likeness (QED) is 0.899. The molecule has 4 nitrogen and oxygen atoms in total. The Morgan fingerprint density at radius 1 is 1.45 bits per heavy atom. The van der Waals surface area contributed by atoms with Gasteiger partial charge in [0.15, 0.2) is 0 Å². The Balaban J connectivity index is 2.27. The standard InChI is InChI=1S/C15H22ClN3O/c1-9-3-4-12(15(18)20)8-19(9)14-6-5-11(10(2)17)7-13(14)16/h5-7,9-10,12H,3-4,8,17H2,1-2H3,(H2,18,20). The van der Waals surface area contributed by atoms with Gasteiger partial charge in [-0.2, -0.15) is 0 Å². The number of primary amides is 1. The molecule has 1 aliphatic rings. The molecule has 1 saturated heterocycles. The number of amides is 1. The third kappa shape index (κ3) is 3.07. The minimum absolute atomic E-state index is 0.0429. The molecule has 1 amide bonds. The highest BCUT2D eigenvalue weighted by Gasteiger charge is 2.29. The summed E-state index contributed by atoms with van der Waals surface area (Å²) in [5.74, 6) is -0.333. The van der Waals surface area contributed by atoms with Crippen LogP contribution in [0.15, 0.2) is 18.2 Å². The van der Waals surface area contributed by atoms with E-state index in [1.165, 1.54) is 0 Å². The molecule has 0 bridgehead atoms. The number of nitrogens with zero attached hydrogens (tertiary/aromatic N) is 1. The van der Waals surface area contributed by atoms with Gasteiger partial charge in [0.05, 0.1) is 16.6 Å². The normalized spacial score (nSPS) is 24.5. The van der Waals surface area contributed by atoms with Crippen molar-refractivity contribution < 1.29 is 4.79 Å². The first-order valence-corrected chi connectivity index (χ1v) is 7.39. The van der Waals surface area contributed by atoms with Crippen molar-refractivity contribution >= 4 is 23.2 Å². The number of hydrogen-bond acceptors (Lipinski definition) is 3. The minimum Gasteiger partial charge on any atom is -0.369 e. The highest BCUT2D eigenvalue weighted by atomic mass is 35.5. The summed E-state index contributed by atoms with van der Waals surface area (Å²) >= 11 is 6.39. The van der Waals surface area contributed by atoms with Crippen molar-refractivity contribution in [3.05, 3.63) is 28.8 Å². The Bertz CT molecular complexity index is 504. The first kappa shape index (κ1) is 15.1. The molecule has 0 radical (unpaired) electrons. The Kier molecular flexibility index (Phi) is 4.55. The van der Waals surface area contributed by atoms with Gasteiger partial charge in [-0.1, -0.05) is 17.7 Å². The predicted molar refractivity (Wildman–Crippen MR) is 82.8 cm³/mol. The van der Waals surface area contributed by atoms with Crippen LogP contribution in [0.3, 0.4) is 0 Å². The largest absolute Gasteiger partial charge is 0.369 e. The van der Waals surface area contributed by atoms with Gasteiger partial charge >= 0.3 is 0 Å². The van der Waals surface area contributed by atoms with Gasteiger partial charge in [-0.15, -0.1) is 0 Å². The second kappa shape index (κ2) is 6.02. The molecule has 5 heteroatoms. The second-order valence-corrected chi connectivity index (χ2v) is 6.08. The van der Waals surface area contributed by atoms with Gasteiger partial charge in [0, 0.05) is 18.6 Å². The molecule has 3 unspecified atom stereocenters. The van der Waals surface area contributed by atoms with Crippen LogP contribution in [0.5, 0.6) is 0 Å². The van der Waals surface area contributed by atoms with E-state index >= 15 is 0 Å². The van der Waals surface area contributed by atoms with E-state index in [0.717, 1.165) is 24.1 Å². The van der Waals surface area contributed by atoms with Crippen LogP contribution < -0.4 is 16.4 Å². The molecular formula is C15H22ClN3O. The van der Waals surface area contributed by atoms with Crippen LogP contribution in [-0.2, 0) is 4.79 Å². The summed E-state index contributed by atoms with van der Waals surface area (Å²) in [7, 11) is 0. The summed E-state index contributed by atoms with van der Waals surface area (Å²) in [5.41, 5.74) is 13.3. The van der Waals surface area contributed by atoms with Gasteiger partial charge in [-0.25, -0.2) is 0 Å². The fourth-order valence-electron chi connectivity index (χ4n) is 2.71. The molecule has 1 aromatic rings. The molecule has 3 atom stereocenters. The molecule has 2 rings (SSSR count). The van der Waals surface area contributed by atoms with E-state index in [9.17, 15) is 4.79 Å². The molecule has 0 spiro atoms. The maximum Gasteiger partial charge on any atom is 0.222 e. The molecule has 20 heavy (non-hydrogen) atoms. The molecule has 1 heterocycles. The molecule has 0 saturated carbocycles. The molecule has 4 N–H and O–H groups in total. The molecule has 110 valence electrons. The van der Waals surface area contributed by atoms with Gasteiger partial charge < -0.3 is 16.4 Å². The lowest BCUT2D eigenvalue weighted by molar-refractivity contribution is -0.122. The minimum atomic E-state index is -0.231. The number of anilines is 1. The molecule has 0 aromatic heterocycles. The van der Waals surface area contributed by atoms with Crippen molar-refractivity contribution in [2.45, 2.75) is 38.8 Å². The van der Waals surface area contributed by atoms with Crippen molar-refractivity contribution in [1.29, 1.82) is 0 Å². The lowest BCUT2D eigenvalue weighted by Crippen LogP contribution is -2.46. The zero-order valence-electron chi connectivity index (χ0n) is 12.0. The Hall–Kier alpha value is -1.26. The van der Waals surface area contributed by atoms with E-state index in [0.29, 0.717) is 17.6 Å². The maximum absolute atomic E-state index is 11.4. The maximum atomic E-state index is 11.4. The number of hydrogen-bond donors (Lipinski definition) is 2. The van der Waals surface area contributed by atoms with Crippen LogP contribution in [0.4, 0.5) is 5.69 Å². The van der Waals surface area contributed by atoms with Crippen LogP contribution in [0.1, 0.15) is 38.3 Å². The topological polar surface area (TPSA) is 72.3 Å². The number of nitrogens with two attached hydrogens (primary N) is 2. The third-order valence-corrected chi connectivity index (χ3v) is 4.39. The van der Waals surface area contributed by atoms with Crippen molar-refractivity contribution in [2.24, 2.45) is 17.4 Å². The monoisotopic (exact) mass is 295 g/mol. The van der Waals surface area contributed by atoms with Crippen molar-refractivity contribution in [1.82, 2.24) is 0 Å². The zero-order chi connectivity index (χ0) is 14.9. The number of halogens is 1. The van der Waals surface area contributed by atoms with Gasteiger partial charge in [0.2, 0.25) is 5.91 Å². The van der Waals surface area contributed by atoms with Crippen LogP contribution in [0.2, 0.25) is 5.02 Å². The number of rotatable bonds is 3. The van der Waals surface area contributed by atoms with E-state index in [2.05, 4.69) is 11.8 Å². The summed E-state index contributed by atoms with van der Waals surface area (Å²) in [6.45, 7) is 4.71. The Labute approximate surface area is 125 Å². The highest BCUT2D eigenvalue weighted by Crippen LogP contribution is 2.34. The van der Waals surface area contributed by atoms with E-state index in [4.69, 9.17) is 23.1 Å². The smallest absolute Gasteiger partial charge is 0.222 e. The van der Waals surface area contributed by atoms with Crippen LogP contribution >= 0.6 is 11.6 Å². The van der Waals surface area contributed by atoms with Gasteiger partial charge in [0.1, 0.15) is 0 Å². The summed E-state index contributed by atoms with van der Waals surface area (Å²) in [5, 5.41) is 0.678. The average Bonchev–Trinajstić information content (AvgIpc) is 2.39. The lowest BCUT2D eigenvalue weighted by Gasteiger charge is -2.39. The summed E-state index contributed by atoms with van der Waals surface area (Å²) in [4.78, 5) is 13.6. The number of benzene rings is 1. The first-order valence-electron chi connectivity index (χ1n) is 7.01. The number of carbonyl (C=O) groups excluding carboxylic acids is 1. The third-order valence-electron chi connectivity index (χ3n) is 4.09. The van der Waals surface area contributed by atoms with Crippen LogP contribution in [0, 0.1) is 5.92 Å². The Morgan fingerprint density at radius 3 is 2.70 bits per heavy atom. The van der Waals surface area contributed by atoms with E-state index in [-0.39, 0.29) is 17.9 Å². The van der Waals surface area contributed by atoms with E-state index < -0.39 is 0 Å². The molecule has 0 aliphatic carbocycles. The lowest BCUT2D eigenvalue weighted by atomic mass is 9.92. The SMILES string of the molecule is CC(N)c1ccc(N2CC(C(N)=O)CCC2C)c(Cl)c1. The summed E-state index contributed by atoms with van der Waals surface area (Å²) in [6, 6.07) is 6.19. The van der Waals surface area contributed by atoms with Gasteiger partial charge in [-0.05, 0) is 44.4 Å². The molecular weight excluding hydrogens is 274 g/mol. The van der Waals surface area contributed by atoms with Gasteiger partial charge in [0.25, 0.3) is 0 Å². The predicted octanol–water partition coefficient (Wildman–Crippen LogP) is 2.45. The zero-order valence-corrected chi connectivity index (χ0v) is 12.7. The Morgan fingerprint density at radius 2 is 2.15 bits per heavy atom. The van der Waals surface area contributed by atoms with Gasteiger partial charge in [-0.3, -0.25) is 4.79 Å². The number of piperidine rings is 1. The van der Waals surface area contributed by atoms with E-state index in [1.807, 2.05) is 25.1 Å². The number of carbonyl (C=O) groups is 1. The van der Waals surface area contributed by atoms with Crippen molar-refractivity contribution in [2.75, 3.05) is 11.4 Å². The second-order valence-electron chi connectivity index (χ2n) is 5.68. The van der Waals surface area contributed by atoms with Crippen LogP contribution in [0.25, 0.3) is 0 Å². The highest BCUT2D eigenvalue weighted by molar-refractivity contribution is 6.33. The van der Waals surface area contributed by atoms with Crippen molar-refractivity contribution in [3.63, 3.8) is 0 Å². The first-order chi connectivity index (χ1) is 9.40. The summed E-state index contributed by atoms with van der Waals surface area (Å²) < 4.78 is 0. The average molecular weight is 296 g/mol. The summed E-state index contributed by atoms with van der Waals surface area (Å²) in [6.07, 6.45) is 1.79. The molecule has 1 aliphatic heterocycles. The molecule has 1 fully saturated rings. The van der Waals surface area contributed by atoms with Crippen LogP contribution in [-0.4, -0.2) is 18.5 Å². The fourth-order valence-corrected chi connectivity index (χ4v) is 3.01. The fraction of sp³-hybridized carbons (Fsp3) is 0.533.